The lowest BCUT2D eigenvalue weighted by Gasteiger charge is -2.21. The minimum atomic E-state index is -0.282. The van der Waals surface area contributed by atoms with Crippen LogP contribution in [0.4, 0.5) is 4.79 Å². The molecule has 0 aliphatic carbocycles. The number of rotatable bonds is 5. The fourth-order valence-electron chi connectivity index (χ4n) is 1.70. The molecule has 0 aromatic carbocycles. The Morgan fingerprint density at radius 3 is 2.88 bits per heavy atom. The smallest absolute Gasteiger partial charge is 0.410 e. The average Bonchev–Trinajstić information content (AvgIpc) is 2.57. The van der Waals surface area contributed by atoms with E-state index in [1.807, 2.05) is 26.0 Å². The van der Waals surface area contributed by atoms with Crippen molar-refractivity contribution in [3.63, 3.8) is 0 Å². The van der Waals surface area contributed by atoms with Crippen molar-refractivity contribution >= 4 is 12.4 Å². The molecule has 0 radical (unpaired) electrons. The van der Waals surface area contributed by atoms with Crippen molar-refractivity contribution < 1.29 is 14.3 Å². The van der Waals surface area contributed by atoms with E-state index in [-0.39, 0.29) is 18.2 Å². The van der Waals surface area contributed by atoms with Crippen LogP contribution in [0.5, 0.6) is 0 Å². The summed E-state index contributed by atoms with van der Waals surface area (Å²) in [6, 6.07) is -0.0290. The predicted octanol–water partition coefficient (Wildman–Crippen LogP) is 1.92. The molecular formula is C12H17NO3. The zero-order chi connectivity index (χ0) is 12.0. The van der Waals surface area contributed by atoms with E-state index >= 15 is 0 Å². The lowest BCUT2D eigenvalue weighted by Crippen LogP contribution is -2.34. The summed E-state index contributed by atoms with van der Waals surface area (Å²) in [6.07, 6.45) is 8.06. The summed E-state index contributed by atoms with van der Waals surface area (Å²) < 4.78 is 5.07. The van der Waals surface area contributed by atoms with Crippen LogP contribution in [0, 0.1) is 0 Å². The molecule has 88 valence electrons. The fourth-order valence-corrected chi connectivity index (χ4v) is 1.70. The number of ether oxygens (including phenoxy) is 1. The molecule has 1 aliphatic heterocycles. The molecule has 0 aromatic heterocycles. The number of aldehydes is 1. The van der Waals surface area contributed by atoms with Crippen molar-refractivity contribution in [2.24, 2.45) is 0 Å². The topological polar surface area (TPSA) is 46.6 Å². The van der Waals surface area contributed by atoms with Gasteiger partial charge in [0.25, 0.3) is 0 Å². The quantitative estimate of drug-likeness (QED) is 0.406. The van der Waals surface area contributed by atoms with Crippen molar-refractivity contribution in [2.75, 3.05) is 6.54 Å². The Morgan fingerprint density at radius 2 is 2.38 bits per heavy atom. The summed E-state index contributed by atoms with van der Waals surface area (Å²) in [5, 5.41) is 0. The van der Waals surface area contributed by atoms with Gasteiger partial charge in [0.2, 0.25) is 0 Å². The van der Waals surface area contributed by atoms with Gasteiger partial charge in [-0.25, -0.2) is 4.79 Å². The number of hydrogen-bond donors (Lipinski definition) is 0. The van der Waals surface area contributed by atoms with Gasteiger partial charge in [0.15, 0.2) is 0 Å². The summed E-state index contributed by atoms with van der Waals surface area (Å²) >= 11 is 0. The van der Waals surface area contributed by atoms with Gasteiger partial charge in [-0.05, 0) is 26.3 Å². The molecule has 1 amide bonds. The summed E-state index contributed by atoms with van der Waals surface area (Å²) in [7, 11) is 0. The molecule has 4 heteroatoms. The normalized spacial score (nSPS) is 23.0. The highest BCUT2D eigenvalue weighted by atomic mass is 16.6. The first-order valence-corrected chi connectivity index (χ1v) is 5.39. The molecule has 0 spiro atoms. The highest BCUT2D eigenvalue weighted by molar-refractivity contribution is 5.70. The summed E-state index contributed by atoms with van der Waals surface area (Å²) in [4.78, 5) is 23.4. The van der Waals surface area contributed by atoms with Gasteiger partial charge in [0.05, 0.1) is 12.6 Å². The van der Waals surface area contributed by atoms with Gasteiger partial charge in [0.1, 0.15) is 12.4 Å². The second-order valence-electron chi connectivity index (χ2n) is 3.74. The molecule has 16 heavy (non-hydrogen) atoms. The van der Waals surface area contributed by atoms with Crippen LogP contribution in [0.3, 0.4) is 0 Å². The van der Waals surface area contributed by atoms with Crippen LogP contribution >= 0.6 is 0 Å². The number of allylic oxidation sites excluding steroid dienone is 2. The van der Waals surface area contributed by atoms with Crippen molar-refractivity contribution in [1.82, 2.24) is 4.90 Å². The van der Waals surface area contributed by atoms with E-state index < -0.39 is 0 Å². The third-order valence-electron chi connectivity index (χ3n) is 2.40. The van der Waals surface area contributed by atoms with Crippen LogP contribution in [-0.4, -0.2) is 36.0 Å². The van der Waals surface area contributed by atoms with Crippen LogP contribution in [0.25, 0.3) is 0 Å². The number of amides is 1. The van der Waals surface area contributed by atoms with Crippen molar-refractivity contribution in [3.8, 4) is 0 Å². The second kappa shape index (κ2) is 6.10. The number of carbonyl (C=O) groups is 2. The lowest BCUT2D eigenvalue weighted by atomic mass is 10.1. The van der Waals surface area contributed by atoms with E-state index in [4.69, 9.17) is 4.74 Å². The minimum Gasteiger partial charge on any atom is -0.444 e. The summed E-state index contributed by atoms with van der Waals surface area (Å²) in [5.74, 6) is 0. The maximum atomic E-state index is 11.5. The number of cyclic esters (lactones) is 1. The van der Waals surface area contributed by atoms with Crippen LogP contribution in [-0.2, 0) is 9.53 Å². The van der Waals surface area contributed by atoms with Crippen LogP contribution in [0.1, 0.15) is 20.3 Å². The van der Waals surface area contributed by atoms with Gasteiger partial charge in [-0.1, -0.05) is 18.2 Å². The molecule has 4 nitrogen and oxygen atoms in total. The molecule has 0 saturated carbocycles. The highest BCUT2D eigenvalue weighted by Crippen LogP contribution is 2.17. The van der Waals surface area contributed by atoms with Crippen molar-refractivity contribution in [2.45, 2.75) is 32.4 Å². The molecule has 0 N–H and O–H groups in total. The third kappa shape index (κ3) is 3.22. The fraction of sp³-hybridized carbons (Fsp3) is 0.500. The maximum Gasteiger partial charge on any atom is 0.410 e. The van der Waals surface area contributed by atoms with Gasteiger partial charge < -0.3 is 4.74 Å². The van der Waals surface area contributed by atoms with E-state index in [1.165, 1.54) is 6.08 Å². The Balaban J connectivity index is 2.65. The van der Waals surface area contributed by atoms with Gasteiger partial charge >= 0.3 is 6.09 Å². The van der Waals surface area contributed by atoms with Crippen LogP contribution in [0.2, 0.25) is 0 Å². The first-order valence-electron chi connectivity index (χ1n) is 5.39. The molecule has 2 atom stereocenters. The molecule has 1 aliphatic rings. The monoisotopic (exact) mass is 223 g/mol. The molecule has 1 rings (SSSR count). The first-order chi connectivity index (χ1) is 7.69. The first kappa shape index (κ1) is 12.5. The Labute approximate surface area is 95.6 Å². The lowest BCUT2D eigenvalue weighted by molar-refractivity contribution is -0.104. The summed E-state index contributed by atoms with van der Waals surface area (Å²) in [6.45, 7) is 4.37. The van der Waals surface area contributed by atoms with Gasteiger partial charge in [0, 0.05) is 0 Å². The zero-order valence-electron chi connectivity index (χ0n) is 9.63. The molecule has 1 heterocycles. The minimum absolute atomic E-state index is 0.0290. The Hall–Kier alpha value is -1.58. The third-order valence-corrected chi connectivity index (χ3v) is 2.40. The van der Waals surface area contributed by atoms with Crippen LogP contribution in [0.15, 0.2) is 24.3 Å². The van der Waals surface area contributed by atoms with Gasteiger partial charge in [-0.15, -0.1) is 0 Å². The number of hydrogen-bond acceptors (Lipinski definition) is 3. The van der Waals surface area contributed by atoms with E-state index in [2.05, 4.69) is 0 Å². The van der Waals surface area contributed by atoms with Gasteiger partial charge in [-0.3, -0.25) is 9.69 Å². The molecule has 1 saturated heterocycles. The zero-order valence-corrected chi connectivity index (χ0v) is 9.63. The molecular weight excluding hydrogens is 206 g/mol. The highest BCUT2D eigenvalue weighted by Gasteiger charge is 2.31. The van der Waals surface area contributed by atoms with Crippen molar-refractivity contribution in [3.05, 3.63) is 24.3 Å². The number of carbonyl (C=O) groups excluding carboxylic acids is 2. The number of nitrogens with zero attached hydrogens (tertiary/aromatic N) is 1. The van der Waals surface area contributed by atoms with Crippen molar-refractivity contribution in [1.29, 1.82) is 0 Å². The summed E-state index contributed by atoms with van der Waals surface area (Å²) in [5.41, 5.74) is 0. The Kier molecular flexibility index (Phi) is 4.76. The second-order valence-corrected chi connectivity index (χ2v) is 3.74. The van der Waals surface area contributed by atoms with E-state index in [9.17, 15) is 9.59 Å². The predicted molar refractivity (Wildman–Crippen MR) is 61.1 cm³/mol. The molecule has 1 unspecified atom stereocenters. The largest absolute Gasteiger partial charge is 0.444 e. The van der Waals surface area contributed by atoms with E-state index in [0.29, 0.717) is 13.0 Å². The molecule has 0 bridgehead atoms. The van der Waals surface area contributed by atoms with Gasteiger partial charge in [-0.2, -0.15) is 0 Å². The Bertz CT molecular complexity index is 309. The average molecular weight is 223 g/mol. The standard InChI is InChI=1S/C12H17NO3/c1-3-6-11(7-4-5-8-14)13-9-10(2)16-12(13)15/h3-6,8,10-11H,7,9H2,1-2H3/b5-4-,6-3-/t10?,11-/m1/s1. The molecule has 0 aromatic rings. The van der Waals surface area contributed by atoms with Crippen LogP contribution < -0.4 is 0 Å². The Morgan fingerprint density at radius 1 is 1.62 bits per heavy atom. The van der Waals surface area contributed by atoms with E-state index in [0.717, 1.165) is 6.29 Å². The maximum absolute atomic E-state index is 11.5. The molecule has 1 fully saturated rings. The SMILES string of the molecule is C/C=C\[C@H](C/C=C\C=O)N1CC(C)OC1=O. The van der Waals surface area contributed by atoms with E-state index in [1.54, 1.807) is 11.0 Å².